The molecule has 82 valence electrons. The second-order valence-electron chi connectivity index (χ2n) is 4.50. The van der Waals surface area contributed by atoms with Crippen molar-refractivity contribution in [2.45, 2.75) is 44.0 Å². The Morgan fingerprint density at radius 2 is 2.07 bits per heavy atom. The standard InChI is InChI=1S/C9H18N2O2S/c1-7(2)14(12,13)11-6-8-3-4-9(11)5-10-8/h7-10H,3-6H2,1-2H3. The number of nitrogens with one attached hydrogen (secondary N) is 1. The van der Waals surface area contributed by atoms with E-state index in [9.17, 15) is 8.42 Å². The summed E-state index contributed by atoms with van der Waals surface area (Å²) in [4.78, 5) is 0. The molecule has 3 fully saturated rings. The first-order chi connectivity index (χ1) is 6.51. The maximum Gasteiger partial charge on any atom is 0.216 e. The van der Waals surface area contributed by atoms with Gasteiger partial charge in [0.05, 0.1) is 5.25 Å². The second kappa shape index (κ2) is 3.47. The molecule has 3 rings (SSSR count). The van der Waals surface area contributed by atoms with Crippen molar-refractivity contribution in [3.63, 3.8) is 0 Å². The van der Waals surface area contributed by atoms with Crippen LogP contribution in [0.4, 0.5) is 0 Å². The first-order valence-electron chi connectivity index (χ1n) is 5.26. The van der Waals surface area contributed by atoms with E-state index >= 15 is 0 Å². The van der Waals surface area contributed by atoms with Gasteiger partial charge >= 0.3 is 0 Å². The molecule has 2 atom stereocenters. The van der Waals surface area contributed by atoms with Gasteiger partial charge in [0, 0.05) is 25.2 Å². The van der Waals surface area contributed by atoms with Gasteiger partial charge in [-0.15, -0.1) is 0 Å². The fraction of sp³-hybridized carbons (Fsp3) is 1.00. The molecule has 3 aliphatic heterocycles. The Balaban J connectivity index is 2.20. The number of piperidine rings is 2. The molecule has 4 nitrogen and oxygen atoms in total. The zero-order valence-electron chi connectivity index (χ0n) is 8.73. The van der Waals surface area contributed by atoms with Crippen molar-refractivity contribution < 1.29 is 8.42 Å². The van der Waals surface area contributed by atoms with Gasteiger partial charge in [-0.3, -0.25) is 0 Å². The van der Waals surface area contributed by atoms with Gasteiger partial charge in [0.25, 0.3) is 0 Å². The molecule has 14 heavy (non-hydrogen) atoms. The van der Waals surface area contributed by atoms with Crippen LogP contribution in [0.3, 0.4) is 0 Å². The van der Waals surface area contributed by atoms with Crippen molar-refractivity contribution in [3.8, 4) is 0 Å². The van der Waals surface area contributed by atoms with E-state index in [0.29, 0.717) is 12.6 Å². The Kier molecular flexibility index (Phi) is 2.57. The number of nitrogens with zero attached hydrogens (tertiary/aromatic N) is 1. The third kappa shape index (κ3) is 1.57. The van der Waals surface area contributed by atoms with E-state index in [2.05, 4.69) is 5.32 Å². The van der Waals surface area contributed by atoms with Crippen LogP contribution < -0.4 is 5.32 Å². The number of rotatable bonds is 2. The zero-order chi connectivity index (χ0) is 10.3. The molecule has 0 radical (unpaired) electrons. The molecule has 0 saturated carbocycles. The Bertz CT molecular complexity index is 305. The highest BCUT2D eigenvalue weighted by Gasteiger charge is 2.40. The quantitative estimate of drug-likeness (QED) is 0.718. The summed E-state index contributed by atoms with van der Waals surface area (Å²) in [5, 5.41) is 3.06. The molecule has 0 aromatic carbocycles. The van der Waals surface area contributed by atoms with Gasteiger partial charge < -0.3 is 5.32 Å². The highest BCUT2D eigenvalue weighted by Crippen LogP contribution is 2.26. The lowest BCUT2D eigenvalue weighted by Gasteiger charge is -2.45. The van der Waals surface area contributed by atoms with Crippen molar-refractivity contribution in [2.24, 2.45) is 0 Å². The molecular weight excluding hydrogens is 200 g/mol. The van der Waals surface area contributed by atoms with E-state index in [-0.39, 0.29) is 11.3 Å². The van der Waals surface area contributed by atoms with Crippen molar-refractivity contribution in [1.82, 2.24) is 9.62 Å². The minimum atomic E-state index is -3.04. The van der Waals surface area contributed by atoms with Crippen LogP contribution in [0.1, 0.15) is 26.7 Å². The smallest absolute Gasteiger partial charge is 0.216 e. The van der Waals surface area contributed by atoms with Crippen LogP contribution >= 0.6 is 0 Å². The van der Waals surface area contributed by atoms with E-state index in [0.717, 1.165) is 19.4 Å². The Hall–Kier alpha value is -0.130. The van der Waals surface area contributed by atoms with Gasteiger partial charge in [-0.2, -0.15) is 4.31 Å². The van der Waals surface area contributed by atoms with E-state index in [1.54, 1.807) is 18.2 Å². The summed E-state index contributed by atoms with van der Waals surface area (Å²) >= 11 is 0. The minimum absolute atomic E-state index is 0.201. The average molecular weight is 218 g/mol. The van der Waals surface area contributed by atoms with E-state index in [1.807, 2.05) is 0 Å². The highest BCUT2D eigenvalue weighted by molar-refractivity contribution is 7.89. The van der Waals surface area contributed by atoms with Crippen LogP contribution in [0.25, 0.3) is 0 Å². The minimum Gasteiger partial charge on any atom is -0.311 e. The maximum absolute atomic E-state index is 12.0. The highest BCUT2D eigenvalue weighted by atomic mass is 32.2. The van der Waals surface area contributed by atoms with Gasteiger partial charge in [-0.1, -0.05) is 0 Å². The van der Waals surface area contributed by atoms with Gasteiger partial charge in [0.15, 0.2) is 0 Å². The zero-order valence-corrected chi connectivity index (χ0v) is 9.55. The molecule has 3 heterocycles. The lowest BCUT2D eigenvalue weighted by molar-refractivity contribution is 0.151. The van der Waals surface area contributed by atoms with Gasteiger partial charge in [0.2, 0.25) is 10.0 Å². The molecule has 3 saturated heterocycles. The summed E-state index contributed by atoms with van der Waals surface area (Å²) in [7, 11) is -3.04. The molecule has 0 spiro atoms. The first-order valence-corrected chi connectivity index (χ1v) is 6.76. The van der Waals surface area contributed by atoms with Crippen LogP contribution in [0.2, 0.25) is 0 Å². The molecule has 2 unspecified atom stereocenters. The summed E-state index contributed by atoms with van der Waals surface area (Å²) in [6.45, 7) is 5.01. The van der Waals surface area contributed by atoms with Crippen LogP contribution in [-0.2, 0) is 10.0 Å². The summed E-state index contributed by atoms with van der Waals surface area (Å²) in [5.41, 5.74) is 0. The maximum atomic E-state index is 12.0. The van der Waals surface area contributed by atoms with Crippen LogP contribution in [0.5, 0.6) is 0 Å². The van der Waals surface area contributed by atoms with E-state index < -0.39 is 10.0 Å². The molecule has 0 aromatic rings. The number of fused-ring (bicyclic) bond motifs is 3. The van der Waals surface area contributed by atoms with E-state index in [4.69, 9.17) is 0 Å². The molecule has 0 aromatic heterocycles. The number of sulfonamides is 1. The Morgan fingerprint density at radius 3 is 2.43 bits per heavy atom. The Morgan fingerprint density at radius 1 is 1.36 bits per heavy atom. The van der Waals surface area contributed by atoms with Crippen LogP contribution in [-0.4, -0.2) is 43.1 Å². The third-order valence-electron chi connectivity index (χ3n) is 3.22. The second-order valence-corrected chi connectivity index (χ2v) is 6.94. The Labute approximate surface area is 85.7 Å². The van der Waals surface area contributed by atoms with Crippen LogP contribution in [0.15, 0.2) is 0 Å². The predicted molar refractivity (Wildman–Crippen MR) is 55.6 cm³/mol. The number of piperazine rings is 1. The molecular formula is C9H18N2O2S. The molecule has 5 heteroatoms. The molecule has 2 bridgehead atoms. The fourth-order valence-electron chi connectivity index (χ4n) is 2.25. The van der Waals surface area contributed by atoms with E-state index in [1.165, 1.54) is 0 Å². The molecule has 0 aliphatic carbocycles. The van der Waals surface area contributed by atoms with Crippen molar-refractivity contribution in [3.05, 3.63) is 0 Å². The normalized spacial score (nSPS) is 33.9. The molecule has 0 amide bonds. The largest absolute Gasteiger partial charge is 0.311 e. The summed E-state index contributed by atoms with van der Waals surface area (Å²) in [5.74, 6) is 0. The van der Waals surface area contributed by atoms with Crippen LogP contribution in [0, 0.1) is 0 Å². The van der Waals surface area contributed by atoms with Gasteiger partial charge in [0.1, 0.15) is 0 Å². The number of hydrogen-bond acceptors (Lipinski definition) is 3. The molecule has 1 N–H and O–H groups in total. The SMILES string of the molecule is CC(C)S(=O)(=O)N1CC2CCC1CN2. The van der Waals surface area contributed by atoms with Gasteiger partial charge in [-0.05, 0) is 26.7 Å². The first kappa shape index (κ1) is 10.4. The monoisotopic (exact) mass is 218 g/mol. The topological polar surface area (TPSA) is 49.4 Å². The number of hydrogen-bond donors (Lipinski definition) is 1. The predicted octanol–water partition coefficient (Wildman–Crippen LogP) is 0.161. The summed E-state index contributed by atoms with van der Waals surface area (Å²) in [6.07, 6.45) is 2.14. The van der Waals surface area contributed by atoms with Crippen molar-refractivity contribution >= 4 is 10.0 Å². The average Bonchev–Trinajstić information content (AvgIpc) is 2.19. The third-order valence-corrected chi connectivity index (χ3v) is 5.51. The fourth-order valence-corrected chi connectivity index (χ4v) is 3.78. The summed E-state index contributed by atoms with van der Waals surface area (Å²) in [6, 6.07) is 0.584. The van der Waals surface area contributed by atoms with Gasteiger partial charge in [-0.25, -0.2) is 8.42 Å². The molecule has 3 aliphatic rings. The van der Waals surface area contributed by atoms with Crippen molar-refractivity contribution in [2.75, 3.05) is 13.1 Å². The summed E-state index contributed by atoms with van der Waals surface area (Å²) < 4.78 is 25.7. The lowest BCUT2D eigenvalue weighted by atomic mass is 9.96. The lowest BCUT2D eigenvalue weighted by Crippen LogP contribution is -2.63. The van der Waals surface area contributed by atoms with Crippen molar-refractivity contribution in [1.29, 1.82) is 0 Å².